The van der Waals surface area contributed by atoms with Gasteiger partial charge in [0.15, 0.2) is 0 Å². The van der Waals surface area contributed by atoms with Gasteiger partial charge in [-0.15, -0.1) is 0 Å². The van der Waals surface area contributed by atoms with E-state index in [1.165, 1.54) is 96.3 Å². The van der Waals surface area contributed by atoms with E-state index < -0.39 is 0 Å². The summed E-state index contributed by atoms with van der Waals surface area (Å²) in [5, 5.41) is 0. The van der Waals surface area contributed by atoms with Gasteiger partial charge in [-0.3, -0.25) is 0 Å². The van der Waals surface area contributed by atoms with Crippen molar-refractivity contribution in [2.75, 3.05) is 13.2 Å². The predicted molar refractivity (Wildman–Crippen MR) is 167 cm³/mol. The lowest BCUT2D eigenvalue weighted by Gasteiger charge is -2.15. The van der Waals surface area contributed by atoms with Gasteiger partial charge in [0, 0.05) is 11.1 Å². The second kappa shape index (κ2) is 29.7. The molecule has 0 amide bonds. The summed E-state index contributed by atoms with van der Waals surface area (Å²) in [6, 6.07) is 0. The van der Waals surface area contributed by atoms with Crippen LogP contribution in [0.4, 0.5) is 0 Å². The van der Waals surface area contributed by atoms with Crippen LogP contribution in [0.15, 0.2) is 11.1 Å². The fourth-order valence-electron chi connectivity index (χ4n) is 5.01. The van der Waals surface area contributed by atoms with Crippen molar-refractivity contribution in [1.82, 2.24) is 0 Å². The Morgan fingerprint density at radius 2 is 0.615 bits per heavy atom. The minimum Gasteiger partial charge on any atom is -0.462 e. The fraction of sp³-hybridized carbons (Fsp3) is 0.886. The number of hydrogen-bond donors (Lipinski definition) is 0. The first-order valence-corrected chi connectivity index (χ1v) is 17.2. The number of rotatable bonds is 29. The van der Waals surface area contributed by atoms with Crippen LogP contribution in [-0.4, -0.2) is 25.2 Å². The first-order chi connectivity index (χ1) is 19.1. The van der Waals surface area contributed by atoms with Crippen LogP contribution in [0.1, 0.15) is 188 Å². The number of esters is 2. The van der Waals surface area contributed by atoms with E-state index >= 15 is 0 Å². The monoisotopic (exact) mass is 550 g/mol. The maximum Gasteiger partial charge on any atom is 0.334 e. The highest BCUT2D eigenvalue weighted by atomic mass is 16.5. The molecule has 4 nitrogen and oxygen atoms in total. The summed E-state index contributed by atoms with van der Waals surface area (Å²) in [4.78, 5) is 26.6. The Bertz CT molecular complexity index is 595. The van der Waals surface area contributed by atoms with Crippen LogP contribution >= 0.6 is 0 Å². The third-order valence-corrected chi connectivity index (χ3v) is 7.63. The maximum absolute atomic E-state index is 13.3. The zero-order chi connectivity index (χ0) is 28.8. The van der Waals surface area contributed by atoms with Crippen LogP contribution in [0, 0.1) is 0 Å². The van der Waals surface area contributed by atoms with Crippen LogP contribution in [-0.2, 0) is 19.1 Å². The molecule has 0 spiro atoms. The van der Waals surface area contributed by atoms with Gasteiger partial charge in [-0.25, -0.2) is 9.59 Å². The van der Waals surface area contributed by atoms with E-state index in [2.05, 4.69) is 27.7 Å². The van der Waals surface area contributed by atoms with Gasteiger partial charge in [-0.05, 0) is 38.5 Å². The molecule has 0 aliphatic rings. The molecule has 0 rings (SSSR count). The van der Waals surface area contributed by atoms with E-state index in [-0.39, 0.29) is 11.9 Å². The number of carbonyl (C=O) groups is 2. The molecular formula is C35H66O4. The van der Waals surface area contributed by atoms with Gasteiger partial charge in [0.2, 0.25) is 0 Å². The van der Waals surface area contributed by atoms with Crippen molar-refractivity contribution in [3.05, 3.63) is 11.1 Å². The number of unbranched alkanes of at least 4 members (excludes halogenated alkanes) is 19. The Kier molecular flexibility index (Phi) is 28.7. The molecular weight excluding hydrogens is 484 g/mol. The minimum atomic E-state index is -0.281. The van der Waals surface area contributed by atoms with Crippen molar-refractivity contribution in [2.45, 2.75) is 188 Å². The third-order valence-electron chi connectivity index (χ3n) is 7.63. The topological polar surface area (TPSA) is 52.6 Å². The molecule has 4 heteroatoms. The molecule has 0 unspecified atom stereocenters. The summed E-state index contributed by atoms with van der Waals surface area (Å²) in [6.45, 7) is 9.77. The standard InChI is InChI=1S/C35H66O4/c1-5-9-13-17-21-25-29-33(35(37)39-31-27-23-19-15-11-7-3)32(28-24-20-16-12-8-4)34(36)38-30-26-22-18-14-10-6-2/h5-31H2,1-4H3. The number of hydrogen-bond acceptors (Lipinski definition) is 4. The van der Waals surface area contributed by atoms with Crippen molar-refractivity contribution in [3.63, 3.8) is 0 Å². The molecule has 39 heavy (non-hydrogen) atoms. The lowest BCUT2D eigenvalue weighted by molar-refractivity contribution is -0.142. The zero-order valence-corrected chi connectivity index (χ0v) is 26.7. The smallest absolute Gasteiger partial charge is 0.334 e. The van der Waals surface area contributed by atoms with Crippen molar-refractivity contribution < 1.29 is 19.1 Å². The average molecular weight is 551 g/mol. The van der Waals surface area contributed by atoms with E-state index in [1.807, 2.05) is 0 Å². The number of ether oxygens (including phenoxy) is 2. The Hall–Kier alpha value is -1.32. The summed E-state index contributed by atoms with van der Waals surface area (Å²) >= 11 is 0. The zero-order valence-electron chi connectivity index (χ0n) is 26.7. The molecule has 0 atom stereocenters. The highest BCUT2D eigenvalue weighted by molar-refractivity contribution is 6.00. The quantitative estimate of drug-likeness (QED) is 0.0528. The van der Waals surface area contributed by atoms with Crippen LogP contribution in [0.2, 0.25) is 0 Å². The molecule has 0 saturated heterocycles. The normalized spacial score (nSPS) is 11.9. The Morgan fingerprint density at radius 3 is 0.923 bits per heavy atom. The minimum absolute atomic E-state index is 0.280. The summed E-state index contributed by atoms with van der Waals surface area (Å²) in [5.41, 5.74) is 1.19. The summed E-state index contributed by atoms with van der Waals surface area (Å²) in [6.07, 6.45) is 27.6. The van der Waals surface area contributed by atoms with Gasteiger partial charge >= 0.3 is 11.9 Å². The Balaban J connectivity index is 5.27. The van der Waals surface area contributed by atoms with Crippen molar-refractivity contribution in [2.24, 2.45) is 0 Å². The maximum atomic E-state index is 13.3. The lowest BCUT2D eigenvalue weighted by atomic mass is 9.96. The largest absolute Gasteiger partial charge is 0.462 e. The van der Waals surface area contributed by atoms with E-state index in [9.17, 15) is 9.59 Å². The van der Waals surface area contributed by atoms with Crippen molar-refractivity contribution in [1.29, 1.82) is 0 Å². The highest BCUT2D eigenvalue weighted by Crippen LogP contribution is 2.23. The summed E-state index contributed by atoms with van der Waals surface area (Å²) in [5.74, 6) is -0.561. The summed E-state index contributed by atoms with van der Waals surface area (Å²) in [7, 11) is 0. The van der Waals surface area contributed by atoms with E-state index in [4.69, 9.17) is 9.47 Å². The Morgan fingerprint density at radius 1 is 0.359 bits per heavy atom. The van der Waals surface area contributed by atoms with Gasteiger partial charge in [-0.2, -0.15) is 0 Å². The second-order valence-electron chi connectivity index (χ2n) is 11.4. The first-order valence-electron chi connectivity index (χ1n) is 17.2. The van der Waals surface area contributed by atoms with Gasteiger partial charge in [0.25, 0.3) is 0 Å². The molecule has 0 N–H and O–H groups in total. The van der Waals surface area contributed by atoms with Crippen molar-refractivity contribution in [3.8, 4) is 0 Å². The van der Waals surface area contributed by atoms with E-state index in [0.717, 1.165) is 51.4 Å². The second-order valence-corrected chi connectivity index (χ2v) is 11.4. The van der Waals surface area contributed by atoms with Crippen LogP contribution < -0.4 is 0 Å². The van der Waals surface area contributed by atoms with Gasteiger partial charge in [0.1, 0.15) is 0 Å². The molecule has 0 aliphatic heterocycles. The number of carbonyl (C=O) groups excluding carboxylic acids is 2. The molecule has 0 radical (unpaired) electrons. The molecule has 0 saturated carbocycles. The highest BCUT2D eigenvalue weighted by Gasteiger charge is 2.23. The SMILES string of the molecule is CCCCCCCCOC(=O)C(CCCCCCC)=C(CCCCCCCC)C(=O)OCCCCCCCC. The predicted octanol–water partition coefficient (Wildman–Crippen LogP) is 11.2. The lowest BCUT2D eigenvalue weighted by Crippen LogP contribution is -2.18. The van der Waals surface area contributed by atoms with Gasteiger partial charge < -0.3 is 9.47 Å². The van der Waals surface area contributed by atoms with E-state index in [0.29, 0.717) is 37.2 Å². The molecule has 0 aromatic rings. The van der Waals surface area contributed by atoms with Crippen LogP contribution in [0.5, 0.6) is 0 Å². The van der Waals surface area contributed by atoms with Crippen LogP contribution in [0.25, 0.3) is 0 Å². The van der Waals surface area contributed by atoms with Crippen molar-refractivity contribution >= 4 is 11.9 Å². The molecule has 230 valence electrons. The molecule has 0 fully saturated rings. The molecule has 0 bridgehead atoms. The average Bonchev–Trinajstić information content (AvgIpc) is 2.94. The third kappa shape index (κ3) is 23.1. The summed E-state index contributed by atoms with van der Waals surface area (Å²) < 4.78 is 11.5. The molecule has 0 aliphatic carbocycles. The van der Waals surface area contributed by atoms with E-state index in [1.54, 1.807) is 0 Å². The Labute approximate surface area is 243 Å². The fourth-order valence-corrected chi connectivity index (χ4v) is 5.01. The molecule has 0 aromatic carbocycles. The molecule has 0 heterocycles. The van der Waals surface area contributed by atoms with Crippen LogP contribution in [0.3, 0.4) is 0 Å². The van der Waals surface area contributed by atoms with Gasteiger partial charge in [0.05, 0.1) is 13.2 Å². The first kappa shape index (κ1) is 37.7. The van der Waals surface area contributed by atoms with Gasteiger partial charge in [-0.1, -0.05) is 150 Å². The molecule has 0 aromatic heterocycles.